The smallest absolute Gasteiger partial charge is 0.344 e. The lowest BCUT2D eigenvalue weighted by atomic mass is 10.0. The third-order valence-corrected chi connectivity index (χ3v) is 6.19. The van der Waals surface area contributed by atoms with Gasteiger partial charge in [-0.05, 0) is 62.3 Å². The van der Waals surface area contributed by atoms with Gasteiger partial charge in [0, 0.05) is 17.5 Å². The van der Waals surface area contributed by atoms with E-state index in [2.05, 4.69) is 6.92 Å². The predicted octanol–water partition coefficient (Wildman–Crippen LogP) is 4.79. The fourth-order valence-corrected chi connectivity index (χ4v) is 4.15. The summed E-state index contributed by atoms with van der Waals surface area (Å²) in [5.74, 6) is 1.51. The maximum atomic E-state index is 11.8. The van der Waals surface area contributed by atoms with Crippen molar-refractivity contribution in [2.45, 2.75) is 64.9 Å². The van der Waals surface area contributed by atoms with Crippen molar-refractivity contribution in [1.82, 2.24) is 0 Å². The second-order valence-corrected chi connectivity index (χ2v) is 9.02. The molecule has 0 saturated heterocycles. The number of amides is 1. The van der Waals surface area contributed by atoms with Crippen LogP contribution in [0.25, 0.3) is 0 Å². The summed E-state index contributed by atoms with van der Waals surface area (Å²) < 4.78 is 23.4. The van der Waals surface area contributed by atoms with E-state index in [4.69, 9.17) is 24.7 Å². The minimum Gasteiger partial charge on any atom is -0.495 e. The van der Waals surface area contributed by atoms with Gasteiger partial charge in [-0.3, -0.25) is 4.79 Å². The standard InChI is InChI=1S/C28H37NO7/c1-4-8-19-23(9-6-10-25(19)36-22(5-2)28(31)32)34-15-7-16-35-24-14-13-20(27(29)30)26(33-3)21(24)17-18-11-12-18/h6,9-10,13-14,18,22H,4-5,7-8,11-12,15-17H2,1-3H3,(H2,29,30)(H,31,32). The molecule has 36 heavy (non-hydrogen) atoms. The number of rotatable bonds is 16. The van der Waals surface area contributed by atoms with Crippen LogP contribution >= 0.6 is 0 Å². The number of benzene rings is 2. The monoisotopic (exact) mass is 499 g/mol. The average Bonchev–Trinajstić information content (AvgIpc) is 3.68. The molecule has 1 aliphatic carbocycles. The van der Waals surface area contributed by atoms with Crippen LogP contribution in [0.4, 0.5) is 0 Å². The molecule has 1 amide bonds. The number of carboxylic acids is 1. The Labute approximate surface area is 212 Å². The fourth-order valence-electron chi connectivity index (χ4n) is 4.15. The summed E-state index contributed by atoms with van der Waals surface area (Å²) in [6.07, 6.45) is 4.80. The Hall–Kier alpha value is -3.42. The number of hydrogen-bond acceptors (Lipinski definition) is 6. The minimum absolute atomic E-state index is 0.364. The lowest BCUT2D eigenvalue weighted by Gasteiger charge is -2.19. The van der Waals surface area contributed by atoms with E-state index in [0.29, 0.717) is 67.0 Å². The second kappa shape index (κ2) is 13.0. The normalized spacial score (nSPS) is 13.6. The molecule has 0 aliphatic heterocycles. The second-order valence-electron chi connectivity index (χ2n) is 9.02. The first-order valence-corrected chi connectivity index (χ1v) is 12.7. The number of carbonyl (C=O) groups is 2. The third kappa shape index (κ3) is 7.06. The van der Waals surface area contributed by atoms with Crippen LogP contribution < -0.4 is 24.7 Å². The summed E-state index contributed by atoms with van der Waals surface area (Å²) in [7, 11) is 1.54. The van der Waals surface area contributed by atoms with Gasteiger partial charge in [0.1, 0.15) is 23.0 Å². The molecule has 2 aromatic carbocycles. The van der Waals surface area contributed by atoms with Crippen molar-refractivity contribution >= 4 is 11.9 Å². The predicted molar refractivity (Wildman–Crippen MR) is 136 cm³/mol. The summed E-state index contributed by atoms with van der Waals surface area (Å²) in [4.78, 5) is 23.3. The van der Waals surface area contributed by atoms with E-state index in [0.717, 1.165) is 36.8 Å². The Morgan fingerprint density at radius 2 is 1.69 bits per heavy atom. The molecule has 1 unspecified atom stereocenters. The van der Waals surface area contributed by atoms with Crippen LogP contribution in [0.2, 0.25) is 0 Å². The number of methoxy groups -OCH3 is 1. The molecule has 3 N–H and O–H groups in total. The molecule has 1 atom stereocenters. The molecule has 3 rings (SSSR count). The molecule has 196 valence electrons. The van der Waals surface area contributed by atoms with Crippen molar-refractivity contribution in [3.63, 3.8) is 0 Å². The van der Waals surface area contributed by atoms with Gasteiger partial charge >= 0.3 is 5.97 Å². The molecule has 8 nitrogen and oxygen atoms in total. The van der Waals surface area contributed by atoms with E-state index in [1.54, 1.807) is 32.2 Å². The van der Waals surface area contributed by atoms with E-state index < -0.39 is 18.0 Å². The summed E-state index contributed by atoms with van der Waals surface area (Å²) in [6.45, 7) is 4.68. The van der Waals surface area contributed by atoms with Gasteiger partial charge in [0.25, 0.3) is 5.91 Å². The Morgan fingerprint density at radius 3 is 2.25 bits per heavy atom. The van der Waals surface area contributed by atoms with Crippen LogP contribution in [0.15, 0.2) is 30.3 Å². The molecule has 0 heterocycles. The van der Waals surface area contributed by atoms with Crippen LogP contribution in [0, 0.1) is 5.92 Å². The van der Waals surface area contributed by atoms with Gasteiger partial charge in [-0.15, -0.1) is 0 Å². The van der Waals surface area contributed by atoms with Crippen molar-refractivity contribution in [2.24, 2.45) is 11.7 Å². The van der Waals surface area contributed by atoms with Crippen molar-refractivity contribution in [3.05, 3.63) is 47.0 Å². The summed E-state index contributed by atoms with van der Waals surface area (Å²) in [5.41, 5.74) is 7.65. The summed E-state index contributed by atoms with van der Waals surface area (Å²) >= 11 is 0. The van der Waals surface area contributed by atoms with E-state index in [1.807, 2.05) is 12.1 Å². The van der Waals surface area contributed by atoms with Gasteiger partial charge < -0.3 is 29.8 Å². The molecule has 2 aromatic rings. The van der Waals surface area contributed by atoms with Crippen LogP contribution in [-0.4, -0.2) is 43.4 Å². The van der Waals surface area contributed by atoms with Crippen molar-refractivity contribution in [2.75, 3.05) is 20.3 Å². The average molecular weight is 500 g/mol. The van der Waals surface area contributed by atoms with Gasteiger partial charge in [-0.25, -0.2) is 4.79 Å². The SMILES string of the molecule is CCCc1c(OCCCOc2ccc(C(N)=O)c(OC)c2CC2CC2)cccc1OC(CC)C(=O)O. The van der Waals surface area contributed by atoms with Gasteiger partial charge in [-0.2, -0.15) is 0 Å². The van der Waals surface area contributed by atoms with Gasteiger partial charge in [0.05, 0.1) is 25.9 Å². The molecule has 8 heteroatoms. The third-order valence-electron chi connectivity index (χ3n) is 6.19. The molecule has 1 fully saturated rings. The molecule has 0 spiro atoms. The highest BCUT2D eigenvalue weighted by molar-refractivity contribution is 5.96. The number of primary amides is 1. The first-order chi connectivity index (χ1) is 17.4. The van der Waals surface area contributed by atoms with Crippen molar-refractivity contribution in [1.29, 1.82) is 0 Å². The van der Waals surface area contributed by atoms with Gasteiger partial charge in [-0.1, -0.05) is 26.3 Å². The first-order valence-electron chi connectivity index (χ1n) is 12.7. The van der Waals surface area contributed by atoms with Crippen LogP contribution in [0.5, 0.6) is 23.0 Å². The molecular weight excluding hydrogens is 462 g/mol. The van der Waals surface area contributed by atoms with Gasteiger partial charge in [0.2, 0.25) is 0 Å². The van der Waals surface area contributed by atoms with E-state index >= 15 is 0 Å². The van der Waals surface area contributed by atoms with Crippen molar-refractivity contribution < 1.29 is 33.6 Å². The quantitative estimate of drug-likeness (QED) is 0.319. The maximum absolute atomic E-state index is 11.8. The Balaban J connectivity index is 1.63. The highest BCUT2D eigenvalue weighted by Crippen LogP contribution is 2.40. The number of nitrogens with two attached hydrogens (primary N) is 1. The van der Waals surface area contributed by atoms with Crippen molar-refractivity contribution in [3.8, 4) is 23.0 Å². The van der Waals surface area contributed by atoms with Crippen LogP contribution in [-0.2, 0) is 17.6 Å². The van der Waals surface area contributed by atoms with Gasteiger partial charge in [0.15, 0.2) is 6.10 Å². The van der Waals surface area contributed by atoms with Crippen LogP contribution in [0.1, 0.15) is 67.4 Å². The molecule has 0 bridgehead atoms. The van der Waals surface area contributed by atoms with E-state index in [-0.39, 0.29) is 0 Å². The number of hydrogen-bond donors (Lipinski definition) is 2. The molecule has 1 saturated carbocycles. The first kappa shape index (κ1) is 27.2. The number of carbonyl (C=O) groups excluding carboxylic acids is 1. The number of aliphatic carboxylic acids is 1. The van der Waals surface area contributed by atoms with Crippen LogP contribution in [0.3, 0.4) is 0 Å². The van der Waals surface area contributed by atoms with E-state index in [9.17, 15) is 14.7 Å². The zero-order valence-electron chi connectivity index (χ0n) is 21.4. The largest absolute Gasteiger partial charge is 0.495 e. The van der Waals surface area contributed by atoms with E-state index in [1.165, 1.54) is 0 Å². The minimum atomic E-state index is -0.982. The Morgan fingerprint density at radius 1 is 1.03 bits per heavy atom. The highest BCUT2D eigenvalue weighted by Gasteiger charge is 2.27. The Kier molecular flexibility index (Phi) is 9.85. The molecule has 1 aliphatic rings. The number of ether oxygens (including phenoxy) is 4. The molecule has 0 radical (unpaired) electrons. The summed E-state index contributed by atoms with van der Waals surface area (Å²) in [6, 6.07) is 8.91. The zero-order valence-corrected chi connectivity index (χ0v) is 21.4. The summed E-state index contributed by atoms with van der Waals surface area (Å²) in [5, 5.41) is 9.36. The topological polar surface area (TPSA) is 117 Å². The lowest BCUT2D eigenvalue weighted by Crippen LogP contribution is -2.26. The highest BCUT2D eigenvalue weighted by atomic mass is 16.5. The maximum Gasteiger partial charge on any atom is 0.344 e. The molecule has 0 aromatic heterocycles. The fraction of sp³-hybridized carbons (Fsp3) is 0.500. The Bertz CT molecular complexity index is 1050. The number of carboxylic acid groups (broad SMARTS) is 1. The lowest BCUT2D eigenvalue weighted by molar-refractivity contribution is -0.145. The molecular formula is C28H37NO7. The zero-order chi connectivity index (χ0) is 26.1.